The van der Waals surface area contributed by atoms with E-state index in [1.165, 1.54) is 11.8 Å². The monoisotopic (exact) mass is 319 g/mol. The fourth-order valence-corrected chi connectivity index (χ4v) is 2.38. The van der Waals surface area contributed by atoms with Crippen molar-refractivity contribution < 1.29 is 14.7 Å². The van der Waals surface area contributed by atoms with Crippen LogP contribution in [0.1, 0.15) is 15.9 Å². The quantitative estimate of drug-likeness (QED) is 0.759. The van der Waals surface area contributed by atoms with Gasteiger partial charge in [0.1, 0.15) is 0 Å². The molecule has 0 aliphatic rings. The van der Waals surface area contributed by atoms with Gasteiger partial charge in [-0.1, -0.05) is 0 Å². The Labute approximate surface area is 132 Å². The number of hydrogen-bond donors (Lipinski definition) is 2. The molecule has 0 saturated heterocycles. The molecule has 1 amide bonds. The van der Waals surface area contributed by atoms with E-state index in [9.17, 15) is 9.59 Å². The van der Waals surface area contributed by atoms with E-state index in [4.69, 9.17) is 5.11 Å². The number of benzene rings is 1. The zero-order chi connectivity index (χ0) is 15.9. The lowest BCUT2D eigenvalue weighted by molar-refractivity contribution is -0.133. The molecule has 0 bridgehead atoms. The standard InChI is InChI=1S/C15H17N3O3S/c1-11-8-17-18(9-11)13-4-2-12(3-5-13)15(21)16-6-7-22-10-14(19)20/h2-5,8-9H,6-7,10H2,1H3,(H,16,21)(H,19,20). The number of aromatic nitrogens is 2. The highest BCUT2D eigenvalue weighted by Crippen LogP contribution is 2.10. The molecule has 0 aliphatic carbocycles. The Hall–Kier alpha value is -2.28. The van der Waals surface area contributed by atoms with Gasteiger partial charge in [0, 0.05) is 24.1 Å². The second-order valence-corrected chi connectivity index (χ2v) is 5.82. The Morgan fingerprint density at radius 3 is 2.64 bits per heavy atom. The number of carbonyl (C=O) groups is 2. The van der Waals surface area contributed by atoms with Gasteiger partial charge in [-0.15, -0.1) is 11.8 Å². The summed E-state index contributed by atoms with van der Waals surface area (Å²) in [5.74, 6) is -0.392. The van der Waals surface area contributed by atoms with E-state index in [1.807, 2.05) is 25.3 Å². The van der Waals surface area contributed by atoms with E-state index in [0.29, 0.717) is 17.9 Å². The largest absolute Gasteiger partial charge is 0.481 e. The first kappa shape index (κ1) is 16.1. The molecule has 116 valence electrons. The maximum atomic E-state index is 11.9. The van der Waals surface area contributed by atoms with Crippen molar-refractivity contribution in [3.05, 3.63) is 47.8 Å². The van der Waals surface area contributed by atoms with Crippen LogP contribution in [0, 0.1) is 6.92 Å². The third kappa shape index (κ3) is 4.63. The molecule has 0 unspecified atom stereocenters. The first-order chi connectivity index (χ1) is 10.6. The minimum Gasteiger partial charge on any atom is -0.481 e. The van der Waals surface area contributed by atoms with Crippen molar-refractivity contribution in [3.8, 4) is 5.69 Å². The molecule has 0 atom stereocenters. The predicted octanol–water partition coefficient (Wildman–Crippen LogP) is 1.73. The Bertz CT molecular complexity index is 652. The van der Waals surface area contributed by atoms with Crippen molar-refractivity contribution in [2.75, 3.05) is 18.1 Å². The van der Waals surface area contributed by atoms with Crippen LogP contribution < -0.4 is 5.32 Å². The lowest BCUT2D eigenvalue weighted by atomic mass is 10.2. The van der Waals surface area contributed by atoms with Crippen molar-refractivity contribution in [1.29, 1.82) is 0 Å². The summed E-state index contributed by atoms with van der Waals surface area (Å²) in [6.07, 6.45) is 3.68. The van der Waals surface area contributed by atoms with Crippen molar-refractivity contribution in [2.45, 2.75) is 6.92 Å². The molecule has 1 aromatic heterocycles. The Kier molecular flexibility index (Phi) is 5.60. The van der Waals surface area contributed by atoms with Gasteiger partial charge < -0.3 is 10.4 Å². The highest BCUT2D eigenvalue weighted by atomic mass is 32.2. The van der Waals surface area contributed by atoms with Crippen molar-refractivity contribution in [2.24, 2.45) is 0 Å². The molecule has 0 saturated carbocycles. The molecule has 2 N–H and O–H groups in total. The molecule has 1 aromatic carbocycles. The lowest BCUT2D eigenvalue weighted by Gasteiger charge is -2.06. The van der Waals surface area contributed by atoms with Crippen LogP contribution in [-0.2, 0) is 4.79 Å². The molecule has 1 heterocycles. The van der Waals surface area contributed by atoms with Gasteiger partial charge in [-0.3, -0.25) is 9.59 Å². The fraction of sp³-hybridized carbons (Fsp3) is 0.267. The summed E-state index contributed by atoms with van der Waals surface area (Å²) < 4.78 is 1.75. The van der Waals surface area contributed by atoms with Crippen molar-refractivity contribution in [3.63, 3.8) is 0 Å². The summed E-state index contributed by atoms with van der Waals surface area (Å²) in [4.78, 5) is 22.3. The normalized spacial score (nSPS) is 10.4. The number of thioether (sulfide) groups is 1. The molecule has 6 nitrogen and oxygen atoms in total. The van der Waals surface area contributed by atoms with Gasteiger partial charge in [-0.25, -0.2) is 4.68 Å². The minimum atomic E-state index is -0.847. The second kappa shape index (κ2) is 7.65. The molecule has 2 aromatic rings. The molecule has 0 fully saturated rings. The number of rotatable bonds is 7. The molecule has 0 aliphatic heterocycles. The lowest BCUT2D eigenvalue weighted by Crippen LogP contribution is -2.26. The van der Waals surface area contributed by atoms with Gasteiger partial charge in [0.05, 0.1) is 17.6 Å². The molecule has 0 spiro atoms. The summed E-state index contributed by atoms with van der Waals surface area (Å²) in [6.45, 7) is 2.41. The number of carbonyl (C=O) groups excluding carboxylic acids is 1. The van der Waals surface area contributed by atoms with E-state index in [1.54, 1.807) is 23.0 Å². The number of carboxylic acids is 1. The molecule has 7 heteroatoms. The Balaban J connectivity index is 1.84. The predicted molar refractivity (Wildman–Crippen MR) is 85.6 cm³/mol. The third-order valence-corrected chi connectivity index (χ3v) is 3.81. The van der Waals surface area contributed by atoms with Crippen LogP contribution in [0.4, 0.5) is 0 Å². The number of aliphatic carboxylic acids is 1. The van der Waals surface area contributed by atoms with Gasteiger partial charge in [0.25, 0.3) is 5.91 Å². The van der Waals surface area contributed by atoms with Crippen LogP contribution in [0.15, 0.2) is 36.7 Å². The van der Waals surface area contributed by atoms with E-state index >= 15 is 0 Å². The van der Waals surface area contributed by atoms with Gasteiger partial charge in [-0.2, -0.15) is 5.10 Å². The summed E-state index contributed by atoms with van der Waals surface area (Å²) in [7, 11) is 0. The van der Waals surface area contributed by atoms with Crippen LogP contribution >= 0.6 is 11.8 Å². The molecular formula is C15H17N3O3S. The summed E-state index contributed by atoms with van der Waals surface area (Å²) >= 11 is 1.27. The van der Waals surface area contributed by atoms with Crippen LogP contribution in [0.2, 0.25) is 0 Å². The number of aryl methyl sites for hydroxylation is 1. The van der Waals surface area contributed by atoms with Gasteiger partial charge in [0.2, 0.25) is 0 Å². The maximum absolute atomic E-state index is 11.9. The summed E-state index contributed by atoms with van der Waals surface area (Å²) in [5, 5.41) is 15.5. The third-order valence-electron chi connectivity index (χ3n) is 2.86. The second-order valence-electron chi connectivity index (χ2n) is 4.71. The number of nitrogens with zero attached hydrogens (tertiary/aromatic N) is 2. The topological polar surface area (TPSA) is 84.2 Å². The molecule has 22 heavy (non-hydrogen) atoms. The maximum Gasteiger partial charge on any atom is 0.313 e. The average molecular weight is 319 g/mol. The van der Waals surface area contributed by atoms with E-state index in [2.05, 4.69) is 10.4 Å². The summed E-state index contributed by atoms with van der Waals surface area (Å²) in [6, 6.07) is 7.15. The first-order valence-corrected chi connectivity index (χ1v) is 7.91. The molecule has 0 radical (unpaired) electrons. The number of carboxylic acid groups (broad SMARTS) is 1. The number of amides is 1. The van der Waals surface area contributed by atoms with Gasteiger partial charge >= 0.3 is 5.97 Å². The SMILES string of the molecule is Cc1cnn(-c2ccc(C(=O)NCCSCC(=O)O)cc2)c1. The summed E-state index contributed by atoms with van der Waals surface area (Å²) in [5.41, 5.74) is 2.53. The van der Waals surface area contributed by atoms with Gasteiger partial charge in [-0.05, 0) is 36.8 Å². The smallest absolute Gasteiger partial charge is 0.313 e. The molecule has 2 rings (SSSR count). The van der Waals surface area contributed by atoms with Crippen LogP contribution in [-0.4, -0.2) is 44.8 Å². The van der Waals surface area contributed by atoms with Crippen LogP contribution in [0.25, 0.3) is 5.69 Å². The van der Waals surface area contributed by atoms with Crippen LogP contribution in [0.3, 0.4) is 0 Å². The highest BCUT2D eigenvalue weighted by molar-refractivity contribution is 7.99. The Morgan fingerprint density at radius 2 is 2.05 bits per heavy atom. The number of hydrogen-bond acceptors (Lipinski definition) is 4. The molecular weight excluding hydrogens is 302 g/mol. The fourth-order valence-electron chi connectivity index (χ4n) is 1.82. The van der Waals surface area contributed by atoms with E-state index in [0.717, 1.165) is 11.3 Å². The van der Waals surface area contributed by atoms with E-state index in [-0.39, 0.29) is 11.7 Å². The minimum absolute atomic E-state index is 0.0495. The van der Waals surface area contributed by atoms with Crippen molar-refractivity contribution in [1.82, 2.24) is 15.1 Å². The van der Waals surface area contributed by atoms with Crippen LogP contribution in [0.5, 0.6) is 0 Å². The Morgan fingerprint density at radius 1 is 1.32 bits per heavy atom. The van der Waals surface area contributed by atoms with E-state index < -0.39 is 5.97 Å². The zero-order valence-corrected chi connectivity index (χ0v) is 13.0. The number of nitrogens with one attached hydrogen (secondary N) is 1. The van der Waals surface area contributed by atoms with Gasteiger partial charge in [0.15, 0.2) is 0 Å². The zero-order valence-electron chi connectivity index (χ0n) is 12.2. The highest BCUT2D eigenvalue weighted by Gasteiger charge is 2.06. The first-order valence-electron chi connectivity index (χ1n) is 6.76. The average Bonchev–Trinajstić information content (AvgIpc) is 2.93. The van der Waals surface area contributed by atoms with Crippen molar-refractivity contribution >= 4 is 23.6 Å².